The number of methoxy groups -OCH3 is 2. The lowest BCUT2D eigenvalue weighted by molar-refractivity contribution is -0.129. The average Bonchev–Trinajstić information content (AvgIpc) is 3.28. The summed E-state index contributed by atoms with van der Waals surface area (Å²) in [7, 11) is 3.14. The number of halogens is 2. The van der Waals surface area contributed by atoms with Crippen molar-refractivity contribution in [1.82, 2.24) is 19.8 Å². The zero-order valence-corrected chi connectivity index (χ0v) is 20.6. The molecule has 186 valence electrons. The van der Waals surface area contributed by atoms with Crippen LogP contribution in [0.25, 0.3) is 22.4 Å². The van der Waals surface area contributed by atoms with Crippen LogP contribution in [0.4, 0.5) is 10.2 Å². The molecular weight excluding hydrogens is 485 g/mol. The van der Waals surface area contributed by atoms with Gasteiger partial charge in [0.1, 0.15) is 11.5 Å². The number of benzene rings is 2. The highest BCUT2D eigenvalue weighted by Gasteiger charge is 2.28. The van der Waals surface area contributed by atoms with E-state index in [1.165, 1.54) is 12.1 Å². The minimum Gasteiger partial charge on any atom is -0.493 e. The van der Waals surface area contributed by atoms with Gasteiger partial charge in [-0.25, -0.2) is 9.07 Å². The number of rotatable bonds is 6. The zero-order chi connectivity index (χ0) is 24.4. The van der Waals surface area contributed by atoms with E-state index in [9.17, 15) is 9.18 Å². The predicted molar refractivity (Wildman–Crippen MR) is 137 cm³/mol. The minimum absolute atomic E-state index is 0. The van der Waals surface area contributed by atoms with Crippen LogP contribution in [0.15, 0.2) is 67.0 Å². The maximum atomic E-state index is 13.6. The first-order valence-electron chi connectivity index (χ1n) is 11.1. The molecular formula is C26H25ClFN5O3. The van der Waals surface area contributed by atoms with Gasteiger partial charge in [-0.3, -0.25) is 20.2 Å². The van der Waals surface area contributed by atoms with Gasteiger partial charge in [-0.1, -0.05) is 6.07 Å². The molecule has 1 amide bonds. The maximum absolute atomic E-state index is 13.6. The van der Waals surface area contributed by atoms with Crippen LogP contribution >= 0.6 is 12.4 Å². The lowest BCUT2D eigenvalue weighted by atomic mass is 10.0. The number of aromatic nitrogens is 3. The van der Waals surface area contributed by atoms with E-state index in [0.717, 1.165) is 22.3 Å². The van der Waals surface area contributed by atoms with Crippen molar-refractivity contribution < 1.29 is 18.7 Å². The van der Waals surface area contributed by atoms with E-state index in [1.54, 1.807) is 55.9 Å². The van der Waals surface area contributed by atoms with E-state index < -0.39 is 0 Å². The topological polar surface area (TPSA) is 81.5 Å². The van der Waals surface area contributed by atoms with E-state index in [1.807, 2.05) is 22.9 Å². The SMILES string of the molecule is COc1ccc(CC(=O)N2CCn3nc(-c4ccc(F)cc4)c(-c4ccncc4)c3N2)cc1OC.Cl. The number of carbonyl (C=O) groups is 1. The molecule has 0 spiro atoms. The summed E-state index contributed by atoms with van der Waals surface area (Å²) in [6, 6.07) is 15.4. The average molecular weight is 510 g/mol. The van der Waals surface area contributed by atoms with Gasteiger partial charge in [-0.05, 0) is 59.7 Å². The standard InChI is InChI=1S/C26H24FN5O3.ClH/c1-34-21-8-3-17(15-22(21)35-2)16-23(33)31-13-14-32-26(30-31)24(18-9-11-28-12-10-18)25(29-32)19-4-6-20(27)7-5-19;/h3-12,15,30H,13-14,16H2,1-2H3;1H. The molecule has 2 aromatic carbocycles. The number of anilines is 1. The Morgan fingerprint density at radius 3 is 2.39 bits per heavy atom. The fraction of sp³-hybridized carbons (Fsp3) is 0.192. The van der Waals surface area contributed by atoms with Crippen molar-refractivity contribution >= 4 is 24.1 Å². The van der Waals surface area contributed by atoms with Crippen molar-refractivity contribution in [3.8, 4) is 33.9 Å². The molecule has 0 atom stereocenters. The molecule has 36 heavy (non-hydrogen) atoms. The van der Waals surface area contributed by atoms with Gasteiger partial charge in [0.25, 0.3) is 0 Å². The first-order valence-corrected chi connectivity index (χ1v) is 11.1. The number of hydrogen-bond acceptors (Lipinski definition) is 6. The van der Waals surface area contributed by atoms with Crippen molar-refractivity contribution in [3.63, 3.8) is 0 Å². The molecule has 0 bridgehead atoms. The molecule has 1 aliphatic heterocycles. The summed E-state index contributed by atoms with van der Waals surface area (Å²) in [5.74, 6) is 1.48. The Bertz CT molecular complexity index is 1360. The molecule has 0 radical (unpaired) electrons. The third kappa shape index (κ3) is 4.83. The monoisotopic (exact) mass is 509 g/mol. The van der Waals surface area contributed by atoms with Crippen LogP contribution in [0.2, 0.25) is 0 Å². The van der Waals surface area contributed by atoms with Gasteiger partial charge >= 0.3 is 0 Å². The number of fused-ring (bicyclic) bond motifs is 1. The summed E-state index contributed by atoms with van der Waals surface area (Å²) in [6.45, 7) is 0.957. The summed E-state index contributed by atoms with van der Waals surface area (Å²) in [5, 5.41) is 6.39. The lowest BCUT2D eigenvalue weighted by Gasteiger charge is -2.30. The van der Waals surface area contributed by atoms with Crippen molar-refractivity contribution in [3.05, 3.63) is 78.4 Å². The summed E-state index contributed by atoms with van der Waals surface area (Å²) in [4.78, 5) is 17.3. The lowest BCUT2D eigenvalue weighted by Crippen LogP contribution is -2.43. The Morgan fingerprint density at radius 2 is 1.69 bits per heavy atom. The van der Waals surface area contributed by atoms with Gasteiger partial charge in [0, 0.05) is 18.0 Å². The zero-order valence-electron chi connectivity index (χ0n) is 19.8. The van der Waals surface area contributed by atoms with Gasteiger partial charge in [0.15, 0.2) is 17.3 Å². The molecule has 10 heteroatoms. The number of carbonyl (C=O) groups excluding carboxylic acids is 1. The van der Waals surface area contributed by atoms with Crippen LogP contribution in [0.5, 0.6) is 11.5 Å². The second-order valence-corrected chi connectivity index (χ2v) is 8.06. The molecule has 4 aromatic rings. The minimum atomic E-state index is -0.312. The fourth-order valence-electron chi connectivity index (χ4n) is 4.17. The molecule has 1 aliphatic rings. The Balaban J connectivity index is 0.00000304. The number of amides is 1. The van der Waals surface area contributed by atoms with Crippen LogP contribution in [0.1, 0.15) is 5.56 Å². The van der Waals surface area contributed by atoms with Gasteiger partial charge in [0.2, 0.25) is 5.91 Å². The molecule has 0 fully saturated rings. The number of nitrogens with one attached hydrogen (secondary N) is 1. The molecule has 5 rings (SSSR count). The predicted octanol–water partition coefficient (Wildman–Crippen LogP) is 4.60. The van der Waals surface area contributed by atoms with E-state index >= 15 is 0 Å². The summed E-state index contributed by atoms with van der Waals surface area (Å²) < 4.78 is 26.0. The number of nitrogens with zero attached hydrogens (tertiary/aromatic N) is 4. The van der Waals surface area contributed by atoms with E-state index in [2.05, 4.69) is 10.4 Å². The van der Waals surface area contributed by atoms with Crippen LogP contribution in [0, 0.1) is 5.82 Å². The third-order valence-electron chi connectivity index (χ3n) is 5.92. The number of hydrazine groups is 1. The smallest absolute Gasteiger partial charge is 0.245 e. The molecule has 0 unspecified atom stereocenters. The molecule has 0 aliphatic carbocycles. The molecule has 0 saturated carbocycles. The van der Waals surface area contributed by atoms with Crippen molar-refractivity contribution in [2.45, 2.75) is 13.0 Å². The molecule has 1 N–H and O–H groups in total. The van der Waals surface area contributed by atoms with Crippen molar-refractivity contribution in [2.75, 3.05) is 26.2 Å². The quantitative estimate of drug-likeness (QED) is 0.409. The van der Waals surface area contributed by atoms with Crippen LogP contribution in [-0.2, 0) is 17.8 Å². The van der Waals surface area contributed by atoms with Gasteiger partial charge in [-0.2, -0.15) is 5.10 Å². The highest BCUT2D eigenvalue weighted by Crippen LogP contribution is 2.39. The summed E-state index contributed by atoms with van der Waals surface area (Å²) in [6.07, 6.45) is 3.60. The highest BCUT2D eigenvalue weighted by molar-refractivity contribution is 5.90. The maximum Gasteiger partial charge on any atom is 0.245 e. The first kappa shape index (κ1) is 25.0. The molecule has 0 saturated heterocycles. The largest absolute Gasteiger partial charge is 0.493 e. The van der Waals surface area contributed by atoms with Gasteiger partial charge < -0.3 is 9.47 Å². The van der Waals surface area contributed by atoms with Crippen LogP contribution < -0.4 is 14.9 Å². The number of hydrogen-bond donors (Lipinski definition) is 1. The molecule has 3 heterocycles. The Morgan fingerprint density at radius 1 is 0.972 bits per heavy atom. The Hall–Kier alpha value is -4.11. The van der Waals surface area contributed by atoms with Crippen LogP contribution in [0.3, 0.4) is 0 Å². The first-order chi connectivity index (χ1) is 17.1. The van der Waals surface area contributed by atoms with E-state index in [4.69, 9.17) is 14.6 Å². The summed E-state index contributed by atoms with van der Waals surface area (Å²) >= 11 is 0. The highest BCUT2D eigenvalue weighted by atomic mass is 35.5. The van der Waals surface area contributed by atoms with Gasteiger partial charge in [-0.15, -0.1) is 12.4 Å². The second-order valence-electron chi connectivity index (χ2n) is 8.06. The van der Waals surface area contributed by atoms with E-state index in [-0.39, 0.29) is 30.6 Å². The third-order valence-corrected chi connectivity index (χ3v) is 5.92. The fourth-order valence-corrected chi connectivity index (χ4v) is 4.17. The summed E-state index contributed by atoms with van der Waals surface area (Å²) in [5.41, 5.74) is 7.28. The number of ether oxygens (including phenoxy) is 2. The Labute approximate surface area is 214 Å². The van der Waals surface area contributed by atoms with Crippen molar-refractivity contribution in [1.29, 1.82) is 0 Å². The normalized spacial score (nSPS) is 12.2. The van der Waals surface area contributed by atoms with Gasteiger partial charge in [0.05, 0.1) is 39.3 Å². The second kappa shape index (κ2) is 10.7. The molecule has 8 nitrogen and oxygen atoms in total. The van der Waals surface area contributed by atoms with Crippen LogP contribution in [-0.4, -0.2) is 46.4 Å². The Kier molecular flexibility index (Phi) is 7.40. The van der Waals surface area contributed by atoms with E-state index in [0.29, 0.717) is 36.1 Å². The molecule has 2 aromatic heterocycles. The number of pyridine rings is 1. The van der Waals surface area contributed by atoms with Crippen molar-refractivity contribution in [2.24, 2.45) is 0 Å².